The monoisotopic (exact) mass is 420 g/mol. The molecule has 30 heavy (non-hydrogen) atoms. The van der Waals surface area contributed by atoms with Crippen molar-refractivity contribution >= 4 is 11.8 Å². The van der Waals surface area contributed by atoms with Crippen LogP contribution in [0.25, 0.3) is 0 Å². The Kier molecular flexibility index (Phi) is 6.41. The van der Waals surface area contributed by atoms with E-state index in [2.05, 4.69) is 5.32 Å². The summed E-state index contributed by atoms with van der Waals surface area (Å²) in [5, 5.41) is 3.16. The minimum Gasteiger partial charge on any atom is -0.493 e. The number of hydrogen-bond acceptors (Lipinski definition) is 5. The number of halogens is 1. The minimum atomic E-state index is -0.381. The first-order chi connectivity index (χ1) is 14.5. The van der Waals surface area contributed by atoms with E-state index in [-0.39, 0.29) is 48.3 Å². The van der Waals surface area contributed by atoms with E-state index < -0.39 is 0 Å². The van der Waals surface area contributed by atoms with Crippen molar-refractivity contribution in [2.45, 2.75) is 56.7 Å². The molecular weight excluding hydrogens is 391 g/mol. The van der Waals surface area contributed by atoms with Crippen LogP contribution in [-0.4, -0.2) is 61.8 Å². The van der Waals surface area contributed by atoms with Crippen molar-refractivity contribution in [3.63, 3.8) is 0 Å². The lowest BCUT2D eigenvalue weighted by atomic mass is 9.81. The standard InChI is InChI=1S/C22H29FN2O5/c1-28-19-7-2-15(23)12-20(19)30-18-10-14(11-18)22(27)24-16-3-5-17(6-4-16)25-8-9-29-13-21(25)26/h2,7,12,14,16-18H,3-6,8-11,13H2,1H3,(H,24,27)/t14-,16-,17-,18-. The van der Waals surface area contributed by atoms with Gasteiger partial charge in [-0.1, -0.05) is 0 Å². The van der Waals surface area contributed by atoms with Crippen molar-refractivity contribution in [2.24, 2.45) is 5.92 Å². The number of methoxy groups -OCH3 is 1. The number of benzene rings is 1. The third-order valence-electron chi connectivity index (χ3n) is 6.39. The second-order valence-corrected chi connectivity index (χ2v) is 8.36. The SMILES string of the molecule is COc1ccc(F)cc1O[C@H]1C[C@H](C(=O)N[C@H]2CC[C@H](N3CCOCC3=O)CC2)C1. The van der Waals surface area contributed by atoms with E-state index in [1.54, 1.807) is 0 Å². The maximum atomic E-state index is 13.5. The van der Waals surface area contributed by atoms with Crippen LogP contribution in [0, 0.1) is 11.7 Å². The van der Waals surface area contributed by atoms with Crippen LogP contribution in [0.5, 0.6) is 11.5 Å². The molecule has 0 bridgehead atoms. The first kappa shape index (κ1) is 20.9. The van der Waals surface area contributed by atoms with Gasteiger partial charge in [0.25, 0.3) is 0 Å². The molecule has 0 radical (unpaired) electrons. The highest BCUT2D eigenvalue weighted by atomic mass is 19.1. The number of carbonyl (C=O) groups excluding carboxylic acids is 2. The fraction of sp³-hybridized carbons (Fsp3) is 0.636. The van der Waals surface area contributed by atoms with Gasteiger partial charge in [-0.3, -0.25) is 9.59 Å². The van der Waals surface area contributed by atoms with Gasteiger partial charge in [0.1, 0.15) is 18.5 Å². The van der Waals surface area contributed by atoms with E-state index in [0.717, 1.165) is 25.7 Å². The Bertz CT molecular complexity index is 775. The van der Waals surface area contributed by atoms with Crippen molar-refractivity contribution < 1.29 is 28.2 Å². The molecule has 0 aromatic heterocycles. The predicted molar refractivity (Wildman–Crippen MR) is 107 cm³/mol. The zero-order chi connectivity index (χ0) is 21.1. The summed E-state index contributed by atoms with van der Waals surface area (Å²) in [5.41, 5.74) is 0. The van der Waals surface area contributed by atoms with Crippen molar-refractivity contribution in [3.8, 4) is 11.5 Å². The highest BCUT2D eigenvalue weighted by molar-refractivity contribution is 5.80. The first-order valence-electron chi connectivity index (χ1n) is 10.7. The van der Waals surface area contributed by atoms with Gasteiger partial charge in [-0.2, -0.15) is 0 Å². The van der Waals surface area contributed by atoms with E-state index in [4.69, 9.17) is 14.2 Å². The van der Waals surface area contributed by atoms with Gasteiger partial charge in [0.05, 0.1) is 13.7 Å². The largest absolute Gasteiger partial charge is 0.493 e. The highest BCUT2D eigenvalue weighted by Crippen LogP contribution is 2.36. The van der Waals surface area contributed by atoms with E-state index in [1.807, 2.05) is 4.90 Å². The molecule has 164 valence electrons. The van der Waals surface area contributed by atoms with Gasteiger partial charge in [0, 0.05) is 30.6 Å². The van der Waals surface area contributed by atoms with Crippen LogP contribution in [0.1, 0.15) is 38.5 Å². The first-order valence-corrected chi connectivity index (χ1v) is 10.7. The number of amides is 2. The van der Waals surface area contributed by atoms with Crippen LogP contribution in [0.4, 0.5) is 4.39 Å². The molecule has 2 saturated carbocycles. The Morgan fingerprint density at radius 2 is 1.97 bits per heavy atom. The fourth-order valence-electron chi connectivity index (χ4n) is 4.57. The summed E-state index contributed by atoms with van der Waals surface area (Å²) in [7, 11) is 1.51. The van der Waals surface area contributed by atoms with Crippen LogP contribution in [0.3, 0.4) is 0 Å². The Hall–Kier alpha value is -2.35. The van der Waals surface area contributed by atoms with E-state index in [9.17, 15) is 14.0 Å². The molecule has 0 spiro atoms. The van der Waals surface area contributed by atoms with Crippen molar-refractivity contribution in [1.29, 1.82) is 0 Å². The van der Waals surface area contributed by atoms with Crippen LogP contribution in [0.15, 0.2) is 18.2 Å². The zero-order valence-corrected chi connectivity index (χ0v) is 17.3. The number of ether oxygens (including phenoxy) is 3. The maximum absolute atomic E-state index is 13.5. The molecule has 1 aliphatic heterocycles. The Balaban J connectivity index is 1.19. The summed E-state index contributed by atoms with van der Waals surface area (Å²) in [5.74, 6) is 0.537. The van der Waals surface area contributed by atoms with Crippen LogP contribution >= 0.6 is 0 Å². The lowest BCUT2D eigenvalue weighted by Crippen LogP contribution is -2.52. The molecule has 2 aliphatic carbocycles. The molecule has 1 N–H and O–H groups in total. The number of carbonyl (C=O) groups is 2. The summed E-state index contributed by atoms with van der Waals surface area (Å²) < 4.78 is 29.7. The van der Waals surface area contributed by atoms with Gasteiger partial charge in [-0.15, -0.1) is 0 Å². The average molecular weight is 420 g/mol. The van der Waals surface area contributed by atoms with Gasteiger partial charge >= 0.3 is 0 Å². The van der Waals surface area contributed by atoms with E-state index in [1.165, 1.54) is 25.3 Å². The smallest absolute Gasteiger partial charge is 0.248 e. The maximum Gasteiger partial charge on any atom is 0.248 e. The predicted octanol–water partition coefficient (Wildman–Crippen LogP) is 2.28. The molecule has 0 unspecified atom stereocenters. The van der Waals surface area contributed by atoms with Crippen LogP contribution in [0.2, 0.25) is 0 Å². The molecular formula is C22H29FN2O5. The summed E-state index contributed by atoms with van der Waals surface area (Å²) in [6, 6.07) is 4.59. The minimum absolute atomic E-state index is 0.0620. The number of hydrogen-bond donors (Lipinski definition) is 1. The van der Waals surface area contributed by atoms with Crippen LogP contribution in [-0.2, 0) is 14.3 Å². The highest BCUT2D eigenvalue weighted by Gasteiger charge is 2.38. The second-order valence-electron chi connectivity index (χ2n) is 8.36. The van der Waals surface area contributed by atoms with Crippen molar-refractivity contribution in [1.82, 2.24) is 10.2 Å². The summed E-state index contributed by atoms with van der Waals surface area (Å²) >= 11 is 0. The molecule has 3 aliphatic rings. The van der Waals surface area contributed by atoms with Crippen molar-refractivity contribution in [3.05, 3.63) is 24.0 Å². The number of nitrogens with one attached hydrogen (secondary N) is 1. The summed E-state index contributed by atoms with van der Waals surface area (Å²) in [4.78, 5) is 26.5. The molecule has 0 atom stereocenters. The Labute approximate surface area is 175 Å². The van der Waals surface area contributed by atoms with E-state index >= 15 is 0 Å². The van der Waals surface area contributed by atoms with E-state index in [0.29, 0.717) is 37.5 Å². The Morgan fingerprint density at radius 3 is 2.67 bits per heavy atom. The summed E-state index contributed by atoms with van der Waals surface area (Å²) in [6.45, 7) is 1.46. The molecule has 1 aromatic carbocycles. The topological polar surface area (TPSA) is 77.1 Å². The average Bonchev–Trinajstić information content (AvgIpc) is 2.71. The zero-order valence-electron chi connectivity index (χ0n) is 17.3. The lowest BCUT2D eigenvalue weighted by molar-refractivity contribution is -0.146. The van der Waals surface area contributed by atoms with Crippen molar-refractivity contribution in [2.75, 3.05) is 26.9 Å². The molecule has 8 heteroatoms. The molecule has 1 heterocycles. The van der Waals surface area contributed by atoms with Crippen LogP contribution < -0.4 is 14.8 Å². The van der Waals surface area contributed by atoms with Gasteiger partial charge in [-0.05, 0) is 50.7 Å². The normalized spacial score (nSPS) is 29.1. The lowest BCUT2D eigenvalue weighted by Gasteiger charge is -2.40. The number of morpholine rings is 1. The molecule has 4 rings (SSSR count). The van der Waals surface area contributed by atoms with Gasteiger partial charge in [0.2, 0.25) is 11.8 Å². The molecule has 1 saturated heterocycles. The van der Waals surface area contributed by atoms with Gasteiger partial charge in [-0.25, -0.2) is 4.39 Å². The number of nitrogens with zero attached hydrogens (tertiary/aromatic N) is 1. The fourth-order valence-corrected chi connectivity index (χ4v) is 4.57. The third-order valence-corrected chi connectivity index (χ3v) is 6.39. The quantitative estimate of drug-likeness (QED) is 0.764. The second kappa shape index (κ2) is 9.20. The summed E-state index contributed by atoms with van der Waals surface area (Å²) in [6.07, 6.45) is 4.70. The molecule has 7 nitrogen and oxygen atoms in total. The number of rotatable bonds is 6. The third kappa shape index (κ3) is 4.69. The Morgan fingerprint density at radius 1 is 1.20 bits per heavy atom. The van der Waals surface area contributed by atoms with Gasteiger partial charge in [0.15, 0.2) is 11.5 Å². The molecule has 1 aromatic rings. The molecule has 3 fully saturated rings. The van der Waals surface area contributed by atoms with Gasteiger partial charge < -0.3 is 24.4 Å². The molecule has 2 amide bonds.